The van der Waals surface area contributed by atoms with E-state index in [2.05, 4.69) is 10.1 Å². The third kappa shape index (κ3) is 2.96. The predicted octanol–water partition coefficient (Wildman–Crippen LogP) is 0.958. The van der Waals surface area contributed by atoms with E-state index in [-0.39, 0.29) is 18.6 Å². The molecule has 0 saturated carbocycles. The summed E-state index contributed by atoms with van der Waals surface area (Å²) >= 11 is 0. The standard InChI is InChI=1S/C14H16N4O2/c19-14(11-18-8-1-5-16-18)17-9-4-13(10-17)20-12-2-6-15-7-3-12/h1-3,5-8,13H,4,9-11H2/t13-/m0/s1. The van der Waals surface area contributed by atoms with E-state index < -0.39 is 0 Å². The van der Waals surface area contributed by atoms with Crippen LogP contribution >= 0.6 is 0 Å². The predicted molar refractivity (Wildman–Crippen MR) is 72.1 cm³/mol. The summed E-state index contributed by atoms with van der Waals surface area (Å²) in [5, 5.41) is 4.05. The third-order valence-electron chi connectivity index (χ3n) is 3.31. The number of ether oxygens (including phenoxy) is 1. The summed E-state index contributed by atoms with van der Waals surface area (Å²) in [6.07, 6.45) is 7.77. The van der Waals surface area contributed by atoms with Crippen LogP contribution in [-0.4, -0.2) is 44.8 Å². The Morgan fingerprint density at radius 1 is 1.35 bits per heavy atom. The van der Waals surface area contributed by atoms with E-state index in [1.54, 1.807) is 29.5 Å². The molecule has 2 aromatic heterocycles. The summed E-state index contributed by atoms with van der Waals surface area (Å²) in [5.74, 6) is 0.876. The zero-order valence-corrected chi connectivity index (χ0v) is 11.1. The van der Waals surface area contributed by atoms with E-state index in [0.29, 0.717) is 6.54 Å². The molecule has 3 rings (SSSR count). The first kappa shape index (κ1) is 12.7. The Labute approximate surface area is 117 Å². The van der Waals surface area contributed by atoms with Crippen LogP contribution in [0.15, 0.2) is 43.0 Å². The molecule has 2 aromatic rings. The molecule has 1 amide bonds. The smallest absolute Gasteiger partial charge is 0.244 e. The van der Waals surface area contributed by atoms with Crippen LogP contribution in [0.3, 0.4) is 0 Å². The van der Waals surface area contributed by atoms with Gasteiger partial charge in [0.2, 0.25) is 5.91 Å². The molecule has 1 aliphatic heterocycles. The average molecular weight is 272 g/mol. The molecule has 20 heavy (non-hydrogen) atoms. The maximum atomic E-state index is 12.1. The Bertz CT molecular complexity index is 556. The van der Waals surface area contributed by atoms with Crippen LogP contribution in [-0.2, 0) is 11.3 Å². The van der Waals surface area contributed by atoms with Crippen molar-refractivity contribution < 1.29 is 9.53 Å². The normalized spacial score (nSPS) is 18.2. The second-order valence-corrected chi connectivity index (χ2v) is 4.75. The molecular weight excluding hydrogens is 256 g/mol. The molecule has 3 heterocycles. The van der Waals surface area contributed by atoms with E-state index in [1.165, 1.54) is 0 Å². The number of amides is 1. The molecule has 6 nitrogen and oxygen atoms in total. The van der Waals surface area contributed by atoms with Crippen molar-refractivity contribution in [1.82, 2.24) is 19.7 Å². The lowest BCUT2D eigenvalue weighted by Crippen LogP contribution is -2.33. The zero-order valence-electron chi connectivity index (χ0n) is 11.1. The van der Waals surface area contributed by atoms with Crippen molar-refractivity contribution >= 4 is 5.91 Å². The third-order valence-corrected chi connectivity index (χ3v) is 3.31. The van der Waals surface area contributed by atoms with Gasteiger partial charge in [-0.15, -0.1) is 0 Å². The Morgan fingerprint density at radius 3 is 2.95 bits per heavy atom. The molecule has 1 atom stereocenters. The second-order valence-electron chi connectivity index (χ2n) is 4.75. The van der Waals surface area contributed by atoms with Gasteiger partial charge in [0.1, 0.15) is 18.4 Å². The van der Waals surface area contributed by atoms with Gasteiger partial charge in [0.15, 0.2) is 0 Å². The van der Waals surface area contributed by atoms with Gasteiger partial charge in [0.05, 0.1) is 6.54 Å². The van der Waals surface area contributed by atoms with Crippen LogP contribution in [0, 0.1) is 0 Å². The summed E-state index contributed by atoms with van der Waals surface area (Å²) < 4.78 is 7.47. The van der Waals surface area contributed by atoms with Crippen LogP contribution in [0.4, 0.5) is 0 Å². The Morgan fingerprint density at radius 2 is 2.20 bits per heavy atom. The number of aromatic nitrogens is 3. The number of pyridine rings is 1. The summed E-state index contributed by atoms with van der Waals surface area (Å²) in [4.78, 5) is 17.9. The quantitative estimate of drug-likeness (QED) is 0.831. The highest BCUT2D eigenvalue weighted by atomic mass is 16.5. The molecule has 104 valence electrons. The largest absolute Gasteiger partial charge is 0.488 e. The minimum atomic E-state index is 0.0546. The summed E-state index contributed by atoms with van der Waals surface area (Å²) in [6.45, 7) is 1.65. The minimum Gasteiger partial charge on any atom is -0.488 e. The van der Waals surface area contributed by atoms with Gasteiger partial charge >= 0.3 is 0 Å². The van der Waals surface area contributed by atoms with E-state index >= 15 is 0 Å². The Kier molecular flexibility index (Phi) is 3.62. The van der Waals surface area contributed by atoms with Gasteiger partial charge in [0, 0.05) is 37.8 Å². The lowest BCUT2D eigenvalue weighted by Gasteiger charge is -2.17. The lowest BCUT2D eigenvalue weighted by molar-refractivity contribution is -0.131. The number of hydrogen-bond donors (Lipinski definition) is 0. The fourth-order valence-electron chi connectivity index (χ4n) is 2.29. The topological polar surface area (TPSA) is 60.2 Å². The highest BCUT2D eigenvalue weighted by molar-refractivity contribution is 5.76. The van der Waals surface area contributed by atoms with E-state index in [4.69, 9.17) is 4.74 Å². The highest BCUT2D eigenvalue weighted by Gasteiger charge is 2.27. The molecule has 1 aliphatic rings. The van der Waals surface area contributed by atoms with Gasteiger partial charge in [-0.25, -0.2) is 0 Å². The van der Waals surface area contributed by atoms with Crippen LogP contribution in [0.25, 0.3) is 0 Å². The summed E-state index contributed by atoms with van der Waals surface area (Å²) in [5.41, 5.74) is 0. The number of carbonyl (C=O) groups is 1. The van der Waals surface area contributed by atoms with Crippen molar-refractivity contribution in [2.24, 2.45) is 0 Å². The van der Waals surface area contributed by atoms with Gasteiger partial charge in [-0.1, -0.05) is 0 Å². The number of nitrogens with zero attached hydrogens (tertiary/aromatic N) is 4. The first-order valence-corrected chi connectivity index (χ1v) is 6.63. The maximum Gasteiger partial charge on any atom is 0.244 e. The van der Waals surface area contributed by atoms with Crippen molar-refractivity contribution in [2.75, 3.05) is 13.1 Å². The molecule has 0 spiro atoms. The zero-order chi connectivity index (χ0) is 13.8. The van der Waals surface area contributed by atoms with E-state index in [0.717, 1.165) is 18.7 Å². The molecule has 0 radical (unpaired) electrons. The lowest BCUT2D eigenvalue weighted by atomic mass is 10.3. The summed E-state index contributed by atoms with van der Waals surface area (Å²) in [6, 6.07) is 5.47. The Balaban J connectivity index is 1.53. The van der Waals surface area contributed by atoms with Crippen molar-refractivity contribution in [3.8, 4) is 5.75 Å². The van der Waals surface area contributed by atoms with Crippen molar-refractivity contribution in [3.05, 3.63) is 43.0 Å². The van der Waals surface area contributed by atoms with Crippen LogP contribution in [0.1, 0.15) is 6.42 Å². The number of rotatable bonds is 4. The first-order chi connectivity index (χ1) is 9.81. The van der Waals surface area contributed by atoms with Gasteiger partial charge in [-0.05, 0) is 18.2 Å². The molecular formula is C14H16N4O2. The van der Waals surface area contributed by atoms with E-state index in [1.807, 2.05) is 23.1 Å². The molecule has 6 heteroatoms. The van der Waals surface area contributed by atoms with Gasteiger partial charge in [-0.3, -0.25) is 14.5 Å². The number of likely N-dealkylation sites (tertiary alicyclic amines) is 1. The van der Waals surface area contributed by atoms with Crippen molar-refractivity contribution in [1.29, 1.82) is 0 Å². The SMILES string of the molecule is O=C(Cn1cccn1)N1CC[C@H](Oc2ccncc2)C1. The van der Waals surface area contributed by atoms with Crippen molar-refractivity contribution in [2.45, 2.75) is 19.1 Å². The van der Waals surface area contributed by atoms with Gasteiger partial charge < -0.3 is 9.64 Å². The summed E-state index contributed by atoms with van der Waals surface area (Å²) in [7, 11) is 0. The van der Waals surface area contributed by atoms with E-state index in [9.17, 15) is 4.79 Å². The van der Waals surface area contributed by atoms with Crippen LogP contribution in [0.5, 0.6) is 5.75 Å². The first-order valence-electron chi connectivity index (χ1n) is 6.63. The van der Waals surface area contributed by atoms with Crippen LogP contribution in [0.2, 0.25) is 0 Å². The minimum absolute atomic E-state index is 0.0546. The highest BCUT2D eigenvalue weighted by Crippen LogP contribution is 2.17. The molecule has 0 N–H and O–H groups in total. The second kappa shape index (κ2) is 5.73. The molecule has 0 aliphatic carbocycles. The molecule has 0 bridgehead atoms. The van der Waals surface area contributed by atoms with Gasteiger partial charge in [-0.2, -0.15) is 5.10 Å². The van der Waals surface area contributed by atoms with Crippen LogP contribution < -0.4 is 4.74 Å². The fraction of sp³-hybridized carbons (Fsp3) is 0.357. The fourth-order valence-corrected chi connectivity index (χ4v) is 2.29. The van der Waals surface area contributed by atoms with Crippen molar-refractivity contribution in [3.63, 3.8) is 0 Å². The molecule has 1 saturated heterocycles. The average Bonchev–Trinajstić information content (AvgIpc) is 3.11. The molecule has 0 aromatic carbocycles. The number of carbonyl (C=O) groups excluding carboxylic acids is 1. The molecule has 1 fully saturated rings. The maximum absolute atomic E-state index is 12.1. The monoisotopic (exact) mass is 272 g/mol. The Hall–Kier alpha value is -2.37. The molecule has 0 unspecified atom stereocenters. The van der Waals surface area contributed by atoms with Gasteiger partial charge in [0.25, 0.3) is 0 Å². The number of hydrogen-bond acceptors (Lipinski definition) is 4.